The monoisotopic (exact) mass is 308 g/mol. The average Bonchev–Trinajstić information content (AvgIpc) is 3.06. The van der Waals surface area contributed by atoms with Gasteiger partial charge in [-0.2, -0.15) is 0 Å². The number of carbonyl (C=O) groups is 1. The minimum Gasteiger partial charge on any atom is -0.355 e. The van der Waals surface area contributed by atoms with Crippen molar-refractivity contribution in [2.75, 3.05) is 0 Å². The zero-order valence-corrected chi connectivity index (χ0v) is 13.1. The third-order valence-electron chi connectivity index (χ3n) is 3.65. The first-order valence-electron chi connectivity index (χ1n) is 7.41. The van der Waals surface area contributed by atoms with E-state index in [9.17, 15) is 4.79 Å². The van der Waals surface area contributed by atoms with E-state index in [0.717, 1.165) is 11.1 Å². The number of nitrogens with one attached hydrogen (secondary N) is 1. The van der Waals surface area contributed by atoms with Crippen molar-refractivity contribution < 1.29 is 13.9 Å². The summed E-state index contributed by atoms with van der Waals surface area (Å²) in [6.07, 6.45) is 3.89. The van der Waals surface area contributed by atoms with Gasteiger partial charge in [0, 0.05) is 23.8 Å². The van der Waals surface area contributed by atoms with Gasteiger partial charge in [-0.3, -0.25) is 4.79 Å². The Morgan fingerprint density at radius 1 is 1.17 bits per heavy atom. The molecule has 3 rings (SSSR count). The van der Waals surface area contributed by atoms with Crippen molar-refractivity contribution in [1.29, 1.82) is 0 Å². The molecule has 0 aliphatic heterocycles. The lowest BCUT2D eigenvalue weighted by atomic mass is 10.1. The molecule has 0 saturated heterocycles. The molecular formula is C18H18N3O2+. The number of aromatic nitrogens is 2. The molecule has 0 aliphatic carbocycles. The highest BCUT2D eigenvalue weighted by molar-refractivity contribution is 5.93. The van der Waals surface area contributed by atoms with Gasteiger partial charge >= 0.3 is 0 Å². The summed E-state index contributed by atoms with van der Waals surface area (Å²) in [6, 6.07) is 15.1. The van der Waals surface area contributed by atoms with Gasteiger partial charge in [0.15, 0.2) is 23.8 Å². The third-order valence-corrected chi connectivity index (χ3v) is 3.65. The van der Waals surface area contributed by atoms with Crippen molar-refractivity contribution in [1.82, 2.24) is 10.5 Å². The molecule has 0 saturated carbocycles. The van der Waals surface area contributed by atoms with Gasteiger partial charge in [-0.05, 0) is 12.5 Å². The Balaban J connectivity index is 1.71. The Morgan fingerprint density at radius 3 is 2.57 bits per heavy atom. The molecule has 0 spiro atoms. The molecule has 23 heavy (non-hydrogen) atoms. The molecule has 1 atom stereocenters. The number of hydrogen-bond donors (Lipinski definition) is 1. The fraction of sp³-hybridized carbons (Fsp3) is 0.167. The van der Waals surface area contributed by atoms with Crippen LogP contribution in [0, 0.1) is 0 Å². The summed E-state index contributed by atoms with van der Waals surface area (Å²) in [5.41, 5.74) is 2.20. The first-order valence-corrected chi connectivity index (χ1v) is 7.41. The molecule has 0 fully saturated rings. The van der Waals surface area contributed by atoms with Crippen molar-refractivity contribution in [2.24, 2.45) is 7.05 Å². The van der Waals surface area contributed by atoms with E-state index in [1.165, 1.54) is 0 Å². The van der Waals surface area contributed by atoms with Crippen LogP contribution in [0.25, 0.3) is 11.3 Å². The average molecular weight is 308 g/mol. The highest BCUT2D eigenvalue weighted by Gasteiger charge is 2.16. The number of amides is 1. The van der Waals surface area contributed by atoms with E-state index in [4.69, 9.17) is 4.52 Å². The number of nitrogens with zero attached hydrogens (tertiary/aromatic N) is 2. The van der Waals surface area contributed by atoms with E-state index in [1.807, 2.05) is 73.4 Å². The van der Waals surface area contributed by atoms with E-state index in [0.29, 0.717) is 5.76 Å². The van der Waals surface area contributed by atoms with E-state index < -0.39 is 0 Å². The fourth-order valence-corrected chi connectivity index (χ4v) is 2.28. The smallest absolute Gasteiger partial charge is 0.273 e. The summed E-state index contributed by atoms with van der Waals surface area (Å²) < 4.78 is 7.21. The lowest BCUT2D eigenvalue weighted by Gasteiger charge is -2.12. The standard InChI is InChI=1S/C18H17N3O2/c1-13(14-8-10-21(2)11-9-14)19-18(22)16-12-17(23-20-16)15-6-4-3-5-7-15/h3-13H,1-2H3/p+1. The van der Waals surface area contributed by atoms with Crippen LogP contribution in [0.1, 0.15) is 29.0 Å². The topological polar surface area (TPSA) is 59.0 Å². The van der Waals surface area contributed by atoms with Crippen LogP contribution in [0.2, 0.25) is 0 Å². The second-order valence-electron chi connectivity index (χ2n) is 5.43. The SMILES string of the molecule is CC(NC(=O)c1cc(-c2ccccc2)on1)c1cc[n+](C)cc1. The maximum atomic E-state index is 12.3. The number of carbonyl (C=O) groups excluding carboxylic acids is 1. The molecule has 3 aromatic rings. The molecule has 1 N–H and O–H groups in total. The molecule has 2 aromatic heterocycles. The van der Waals surface area contributed by atoms with Crippen LogP contribution < -0.4 is 9.88 Å². The molecule has 116 valence electrons. The van der Waals surface area contributed by atoms with E-state index in [2.05, 4.69) is 10.5 Å². The molecule has 0 radical (unpaired) electrons. The highest BCUT2D eigenvalue weighted by atomic mass is 16.5. The summed E-state index contributed by atoms with van der Waals surface area (Å²) >= 11 is 0. The minimum atomic E-state index is -0.253. The second-order valence-corrected chi connectivity index (χ2v) is 5.43. The van der Waals surface area contributed by atoms with E-state index >= 15 is 0 Å². The van der Waals surface area contributed by atoms with Crippen LogP contribution in [-0.2, 0) is 7.05 Å². The van der Waals surface area contributed by atoms with Gasteiger partial charge in [0.05, 0.1) is 6.04 Å². The van der Waals surface area contributed by atoms with Crippen molar-refractivity contribution >= 4 is 5.91 Å². The zero-order chi connectivity index (χ0) is 16.2. The normalized spacial score (nSPS) is 11.9. The van der Waals surface area contributed by atoms with E-state index in [1.54, 1.807) is 6.07 Å². The molecule has 1 unspecified atom stereocenters. The maximum Gasteiger partial charge on any atom is 0.273 e. The number of rotatable bonds is 4. The molecule has 0 aliphatic rings. The molecule has 1 amide bonds. The third kappa shape index (κ3) is 3.45. The van der Waals surface area contributed by atoms with Gasteiger partial charge in [0.1, 0.15) is 7.05 Å². The molecule has 0 bridgehead atoms. The Bertz CT molecular complexity index is 795. The lowest BCUT2D eigenvalue weighted by molar-refractivity contribution is -0.671. The Kier molecular flexibility index (Phi) is 4.19. The van der Waals surface area contributed by atoms with Crippen LogP contribution in [0.15, 0.2) is 65.4 Å². The van der Waals surface area contributed by atoms with Crippen LogP contribution in [0.5, 0.6) is 0 Å². The van der Waals surface area contributed by atoms with Gasteiger partial charge in [0.25, 0.3) is 5.91 Å². The van der Waals surface area contributed by atoms with Gasteiger partial charge in [-0.15, -0.1) is 0 Å². The quantitative estimate of drug-likeness (QED) is 0.754. The Labute approximate surface area is 134 Å². The zero-order valence-electron chi connectivity index (χ0n) is 13.1. The van der Waals surface area contributed by atoms with Crippen LogP contribution in [0.4, 0.5) is 0 Å². The van der Waals surface area contributed by atoms with Crippen LogP contribution in [0.3, 0.4) is 0 Å². The van der Waals surface area contributed by atoms with Gasteiger partial charge < -0.3 is 9.84 Å². The Hall–Kier alpha value is -2.95. The summed E-state index contributed by atoms with van der Waals surface area (Å²) in [5, 5.41) is 6.79. The summed E-state index contributed by atoms with van der Waals surface area (Å²) in [4.78, 5) is 12.3. The summed E-state index contributed by atoms with van der Waals surface area (Å²) in [5.74, 6) is 0.326. The number of hydrogen-bond acceptors (Lipinski definition) is 3. The highest BCUT2D eigenvalue weighted by Crippen LogP contribution is 2.20. The number of benzene rings is 1. The largest absolute Gasteiger partial charge is 0.355 e. The molecule has 5 nitrogen and oxygen atoms in total. The second kappa shape index (κ2) is 6.44. The minimum absolute atomic E-state index is 0.111. The summed E-state index contributed by atoms with van der Waals surface area (Å²) in [7, 11) is 1.95. The molecule has 2 heterocycles. The number of aryl methyl sites for hydroxylation is 1. The first-order chi connectivity index (χ1) is 11.1. The lowest BCUT2D eigenvalue weighted by Crippen LogP contribution is -2.29. The molecule has 5 heteroatoms. The Morgan fingerprint density at radius 2 is 1.87 bits per heavy atom. The number of pyridine rings is 1. The van der Waals surface area contributed by atoms with Crippen molar-refractivity contribution in [3.8, 4) is 11.3 Å². The van der Waals surface area contributed by atoms with Crippen LogP contribution >= 0.6 is 0 Å². The maximum absolute atomic E-state index is 12.3. The predicted octanol–water partition coefficient (Wildman–Crippen LogP) is 2.66. The molecular weight excluding hydrogens is 290 g/mol. The van der Waals surface area contributed by atoms with Crippen molar-refractivity contribution in [3.63, 3.8) is 0 Å². The van der Waals surface area contributed by atoms with Crippen molar-refractivity contribution in [3.05, 3.63) is 72.2 Å². The van der Waals surface area contributed by atoms with Gasteiger partial charge in [-0.25, -0.2) is 4.57 Å². The fourth-order valence-electron chi connectivity index (χ4n) is 2.28. The van der Waals surface area contributed by atoms with Gasteiger partial charge in [0.2, 0.25) is 0 Å². The van der Waals surface area contributed by atoms with Crippen molar-refractivity contribution in [2.45, 2.75) is 13.0 Å². The predicted molar refractivity (Wildman–Crippen MR) is 85.4 cm³/mol. The van der Waals surface area contributed by atoms with Gasteiger partial charge in [-0.1, -0.05) is 35.5 Å². The van der Waals surface area contributed by atoms with Crippen LogP contribution in [-0.4, -0.2) is 11.1 Å². The molecule has 1 aromatic carbocycles. The first kappa shape index (κ1) is 15.0. The summed E-state index contributed by atoms with van der Waals surface area (Å²) in [6.45, 7) is 1.94. The van der Waals surface area contributed by atoms with E-state index in [-0.39, 0.29) is 17.6 Å².